The summed E-state index contributed by atoms with van der Waals surface area (Å²) in [5.74, 6) is -0.253. The normalized spacial score (nSPS) is 16.6. The fourth-order valence-electron chi connectivity index (χ4n) is 2.19. The molecule has 1 N–H and O–H groups in total. The van der Waals surface area contributed by atoms with E-state index in [0.717, 1.165) is 31.6 Å². The van der Waals surface area contributed by atoms with Crippen molar-refractivity contribution in [3.63, 3.8) is 0 Å². The first-order valence-corrected chi connectivity index (χ1v) is 5.91. The van der Waals surface area contributed by atoms with Crippen molar-refractivity contribution in [1.82, 2.24) is 0 Å². The number of rotatable bonds is 2. The van der Waals surface area contributed by atoms with Gasteiger partial charge in [0.15, 0.2) is 5.75 Å². The quantitative estimate of drug-likeness (QED) is 0.633. The molecule has 0 atom stereocenters. The molecule has 1 aromatic carbocycles. The highest BCUT2D eigenvalue weighted by atomic mass is 16.6. The van der Waals surface area contributed by atoms with Gasteiger partial charge in [0.1, 0.15) is 0 Å². The molecule has 0 aliphatic carbocycles. The van der Waals surface area contributed by atoms with Crippen LogP contribution in [0.5, 0.6) is 5.75 Å². The predicted octanol–water partition coefficient (Wildman–Crippen LogP) is 2.68. The smallest absolute Gasteiger partial charge is 0.310 e. The van der Waals surface area contributed by atoms with Crippen LogP contribution < -0.4 is 4.90 Å². The Bertz CT molecular complexity index is 412. The van der Waals surface area contributed by atoms with Gasteiger partial charge in [0.25, 0.3) is 0 Å². The van der Waals surface area contributed by atoms with Crippen molar-refractivity contribution >= 4 is 11.4 Å². The lowest BCUT2D eigenvalue weighted by atomic mass is 10.2. The number of aromatic hydroxyl groups is 1. The van der Waals surface area contributed by atoms with E-state index in [9.17, 15) is 15.2 Å². The Balaban J connectivity index is 2.21. The maximum absolute atomic E-state index is 10.6. The largest absolute Gasteiger partial charge is 0.502 e. The monoisotopic (exact) mass is 236 g/mol. The van der Waals surface area contributed by atoms with Crippen molar-refractivity contribution in [1.29, 1.82) is 0 Å². The molecule has 1 aromatic rings. The van der Waals surface area contributed by atoms with E-state index in [1.807, 2.05) is 0 Å². The molecule has 0 unspecified atom stereocenters. The minimum Gasteiger partial charge on any atom is -0.502 e. The molecular formula is C12H16N2O3. The Morgan fingerprint density at radius 3 is 2.35 bits per heavy atom. The Labute approximate surface area is 99.8 Å². The number of anilines is 1. The maximum Gasteiger partial charge on any atom is 0.310 e. The zero-order valence-electron chi connectivity index (χ0n) is 9.63. The molecule has 5 nitrogen and oxygen atoms in total. The van der Waals surface area contributed by atoms with Crippen LogP contribution in [0.25, 0.3) is 0 Å². The zero-order chi connectivity index (χ0) is 12.3. The molecule has 1 aliphatic rings. The molecule has 0 bridgehead atoms. The molecule has 0 radical (unpaired) electrons. The number of hydrogen-bond acceptors (Lipinski definition) is 4. The fourth-order valence-corrected chi connectivity index (χ4v) is 2.19. The second-order valence-corrected chi connectivity index (χ2v) is 4.33. The van der Waals surface area contributed by atoms with E-state index in [1.165, 1.54) is 25.0 Å². The van der Waals surface area contributed by atoms with E-state index in [4.69, 9.17) is 0 Å². The highest BCUT2D eigenvalue weighted by Crippen LogP contribution is 2.31. The third kappa shape index (κ3) is 2.67. The molecule has 0 aromatic heterocycles. The van der Waals surface area contributed by atoms with E-state index < -0.39 is 4.92 Å². The Morgan fingerprint density at radius 2 is 1.82 bits per heavy atom. The highest BCUT2D eigenvalue weighted by molar-refractivity contribution is 5.58. The van der Waals surface area contributed by atoms with Gasteiger partial charge in [-0.05, 0) is 18.9 Å². The molecule has 0 spiro atoms. The third-order valence-electron chi connectivity index (χ3n) is 3.13. The lowest BCUT2D eigenvalue weighted by Crippen LogP contribution is -2.23. The SMILES string of the molecule is O=[N+]([O-])c1ccc(N2CCCCCC2)cc1O. The van der Waals surface area contributed by atoms with Gasteiger partial charge in [0.05, 0.1) is 4.92 Å². The number of nitro benzene ring substituents is 1. The Kier molecular flexibility index (Phi) is 3.46. The number of hydrogen-bond donors (Lipinski definition) is 1. The van der Waals surface area contributed by atoms with Gasteiger partial charge in [-0.15, -0.1) is 0 Å². The summed E-state index contributed by atoms with van der Waals surface area (Å²) in [6, 6.07) is 4.57. The van der Waals surface area contributed by atoms with E-state index in [1.54, 1.807) is 6.07 Å². The second kappa shape index (κ2) is 5.03. The number of phenols is 1. The third-order valence-corrected chi connectivity index (χ3v) is 3.13. The molecule has 0 saturated carbocycles. The van der Waals surface area contributed by atoms with Crippen LogP contribution in [0.3, 0.4) is 0 Å². The van der Waals surface area contributed by atoms with Gasteiger partial charge in [-0.3, -0.25) is 10.1 Å². The molecule has 1 heterocycles. The fraction of sp³-hybridized carbons (Fsp3) is 0.500. The van der Waals surface area contributed by atoms with Gasteiger partial charge in [0, 0.05) is 30.9 Å². The summed E-state index contributed by atoms with van der Waals surface area (Å²) in [5.41, 5.74) is 0.638. The molecule has 17 heavy (non-hydrogen) atoms. The molecule has 1 fully saturated rings. The highest BCUT2D eigenvalue weighted by Gasteiger charge is 2.16. The van der Waals surface area contributed by atoms with E-state index in [-0.39, 0.29) is 11.4 Å². The summed E-state index contributed by atoms with van der Waals surface area (Å²) in [4.78, 5) is 12.2. The standard InChI is InChI=1S/C12H16N2O3/c15-12-9-10(5-6-11(12)14(16)17)13-7-3-1-2-4-8-13/h5-6,9,15H,1-4,7-8H2. The molecular weight excluding hydrogens is 220 g/mol. The van der Waals surface area contributed by atoms with Crippen LogP contribution in [0.1, 0.15) is 25.7 Å². The van der Waals surface area contributed by atoms with Crippen molar-refractivity contribution in [2.75, 3.05) is 18.0 Å². The van der Waals surface area contributed by atoms with Crippen LogP contribution in [-0.2, 0) is 0 Å². The number of benzene rings is 1. The summed E-state index contributed by atoms with van der Waals surface area (Å²) in [6.45, 7) is 1.91. The second-order valence-electron chi connectivity index (χ2n) is 4.33. The Hall–Kier alpha value is -1.78. The summed E-state index contributed by atoms with van der Waals surface area (Å²) in [6.07, 6.45) is 4.74. The van der Waals surface area contributed by atoms with Gasteiger partial charge in [-0.2, -0.15) is 0 Å². The first kappa shape index (κ1) is 11.7. The van der Waals surface area contributed by atoms with Crippen LogP contribution >= 0.6 is 0 Å². The van der Waals surface area contributed by atoms with Crippen molar-refractivity contribution < 1.29 is 10.0 Å². The predicted molar refractivity (Wildman–Crippen MR) is 65.4 cm³/mol. The van der Waals surface area contributed by atoms with E-state index >= 15 is 0 Å². The topological polar surface area (TPSA) is 66.6 Å². The van der Waals surface area contributed by atoms with Crippen LogP contribution in [0.4, 0.5) is 11.4 Å². The molecule has 92 valence electrons. The molecule has 5 heteroatoms. The average Bonchev–Trinajstić information content (AvgIpc) is 2.56. The van der Waals surface area contributed by atoms with Gasteiger partial charge in [-0.1, -0.05) is 12.8 Å². The average molecular weight is 236 g/mol. The zero-order valence-corrected chi connectivity index (χ0v) is 9.63. The van der Waals surface area contributed by atoms with Crippen molar-refractivity contribution in [3.8, 4) is 5.75 Å². The van der Waals surface area contributed by atoms with Crippen LogP contribution in [0.2, 0.25) is 0 Å². The van der Waals surface area contributed by atoms with Crippen molar-refractivity contribution in [3.05, 3.63) is 28.3 Å². The molecule has 1 aliphatic heterocycles. The molecule has 1 saturated heterocycles. The van der Waals surface area contributed by atoms with E-state index in [0.29, 0.717) is 0 Å². The number of nitrogens with zero attached hydrogens (tertiary/aromatic N) is 2. The first-order chi connectivity index (χ1) is 8.18. The minimum atomic E-state index is -0.568. The summed E-state index contributed by atoms with van der Waals surface area (Å²) in [5, 5.41) is 20.2. The van der Waals surface area contributed by atoms with Crippen LogP contribution in [0, 0.1) is 10.1 Å². The number of nitro groups is 1. The van der Waals surface area contributed by atoms with Crippen LogP contribution in [0.15, 0.2) is 18.2 Å². The van der Waals surface area contributed by atoms with Gasteiger partial charge in [0.2, 0.25) is 0 Å². The first-order valence-electron chi connectivity index (χ1n) is 5.91. The van der Waals surface area contributed by atoms with Gasteiger partial charge in [-0.25, -0.2) is 0 Å². The van der Waals surface area contributed by atoms with Gasteiger partial charge >= 0.3 is 5.69 Å². The Morgan fingerprint density at radius 1 is 1.18 bits per heavy atom. The molecule has 0 amide bonds. The number of phenolic OH excluding ortho intramolecular Hbond substituents is 1. The van der Waals surface area contributed by atoms with Gasteiger partial charge < -0.3 is 10.0 Å². The van der Waals surface area contributed by atoms with E-state index in [2.05, 4.69) is 4.90 Å². The lowest BCUT2D eigenvalue weighted by molar-refractivity contribution is -0.385. The minimum absolute atomic E-state index is 0.233. The lowest BCUT2D eigenvalue weighted by Gasteiger charge is -2.22. The summed E-state index contributed by atoms with van der Waals surface area (Å²) >= 11 is 0. The van der Waals surface area contributed by atoms with Crippen molar-refractivity contribution in [2.24, 2.45) is 0 Å². The van der Waals surface area contributed by atoms with Crippen molar-refractivity contribution in [2.45, 2.75) is 25.7 Å². The molecule has 2 rings (SSSR count). The maximum atomic E-state index is 10.6. The summed E-state index contributed by atoms with van der Waals surface area (Å²) in [7, 11) is 0. The van der Waals surface area contributed by atoms with Crippen LogP contribution in [-0.4, -0.2) is 23.1 Å². The summed E-state index contributed by atoms with van der Waals surface area (Å²) < 4.78 is 0.